The number of ether oxygens (including phenoxy) is 2. The summed E-state index contributed by atoms with van der Waals surface area (Å²) in [5.74, 6) is -14.4. The van der Waals surface area contributed by atoms with Crippen molar-refractivity contribution in [1.82, 2.24) is 68.7 Å². The summed E-state index contributed by atoms with van der Waals surface area (Å²) >= 11 is 0. The Bertz CT molecular complexity index is 3640. The summed E-state index contributed by atoms with van der Waals surface area (Å²) in [6, 6.07) is 3.02. The number of carbonyl (C=O) groups is 14. The van der Waals surface area contributed by atoms with Crippen LogP contribution in [-0.4, -0.2) is 229 Å². The average Bonchev–Trinajstić information content (AvgIpc) is 1.61. The molecule has 3 saturated heterocycles. The molecule has 0 radical (unpaired) electrons. The van der Waals surface area contributed by atoms with Crippen LogP contribution in [0.2, 0.25) is 0 Å². The second-order valence-electron chi connectivity index (χ2n) is 33.3. The summed E-state index contributed by atoms with van der Waals surface area (Å²) in [6.07, 6.45) is -5.75. The minimum Gasteiger partial charge on any atom is -0.475 e. The maximum Gasteiger partial charge on any atom is 0.490 e. The third kappa shape index (κ3) is 35.0. The van der Waals surface area contributed by atoms with Gasteiger partial charge < -0.3 is 106 Å². The molecule has 0 aliphatic carbocycles. The number of rotatable bonds is 26. The highest BCUT2D eigenvalue weighted by Gasteiger charge is 2.44. The first-order valence-electron chi connectivity index (χ1n) is 42.0. The highest BCUT2D eigenvalue weighted by atomic mass is 19.4. The Morgan fingerprint density at radius 2 is 0.775 bits per heavy atom. The van der Waals surface area contributed by atoms with Gasteiger partial charge in [0.15, 0.2) is 0 Å². The van der Waals surface area contributed by atoms with Gasteiger partial charge in [0.25, 0.3) is 0 Å². The van der Waals surface area contributed by atoms with E-state index in [4.69, 9.17) is 42.3 Å². The first-order chi connectivity index (χ1) is 56.6. The van der Waals surface area contributed by atoms with E-state index in [1.165, 1.54) is 4.90 Å². The molecule has 2 bridgehead atoms. The Morgan fingerprint density at radius 3 is 1.15 bits per heavy atom. The number of carboxylic acids is 1. The zero-order valence-corrected chi connectivity index (χ0v) is 71.5. The number of aliphatic carboxylic acids is 1. The van der Waals surface area contributed by atoms with Crippen LogP contribution in [0.1, 0.15) is 191 Å². The fourth-order valence-corrected chi connectivity index (χ4v) is 14.1. The molecule has 120 heavy (non-hydrogen) atoms. The minimum atomic E-state index is -5.08. The van der Waals surface area contributed by atoms with Gasteiger partial charge in [-0.2, -0.15) is 13.2 Å². The molecule has 2 aromatic carbocycles. The summed E-state index contributed by atoms with van der Waals surface area (Å²) in [5, 5.41) is 41.1. The molecule has 34 nitrogen and oxygen atoms in total. The zero-order chi connectivity index (χ0) is 89.7. The first-order valence-corrected chi connectivity index (χ1v) is 42.0. The van der Waals surface area contributed by atoms with Crippen LogP contribution in [0.15, 0.2) is 60.7 Å². The van der Waals surface area contributed by atoms with E-state index in [-0.39, 0.29) is 160 Å². The summed E-state index contributed by atoms with van der Waals surface area (Å²) in [7, 11) is 0. The van der Waals surface area contributed by atoms with Crippen LogP contribution in [0.3, 0.4) is 0 Å². The van der Waals surface area contributed by atoms with Crippen molar-refractivity contribution in [3.8, 4) is 0 Å². The molecular weight excluding hydrogens is 1560 g/mol. The third-order valence-electron chi connectivity index (χ3n) is 20.6. The molecule has 0 spiro atoms. The predicted octanol–water partition coefficient (Wildman–Crippen LogP) is 1.51. The lowest BCUT2D eigenvalue weighted by molar-refractivity contribution is -0.192. The Hall–Kier alpha value is -9.43. The van der Waals surface area contributed by atoms with Gasteiger partial charge in [-0.05, 0) is 169 Å². The van der Waals surface area contributed by atoms with Crippen LogP contribution < -0.4 is 86.7 Å². The molecule has 674 valence electrons. The molecule has 21 N–H and O–H groups in total. The second kappa shape index (κ2) is 52.0. The molecule has 0 saturated carbocycles. The van der Waals surface area contributed by atoms with E-state index < -0.39 is 198 Å². The van der Waals surface area contributed by atoms with Crippen LogP contribution in [0.25, 0.3) is 0 Å². The molecule has 3 aliphatic heterocycles. The van der Waals surface area contributed by atoms with Crippen molar-refractivity contribution in [2.24, 2.45) is 58.4 Å². The largest absolute Gasteiger partial charge is 0.490 e. The summed E-state index contributed by atoms with van der Waals surface area (Å²) in [6.45, 7) is 21.7. The lowest BCUT2D eigenvalue weighted by Gasteiger charge is -2.37. The maximum absolute atomic E-state index is 15.2. The van der Waals surface area contributed by atoms with Crippen molar-refractivity contribution in [2.75, 3.05) is 39.3 Å². The van der Waals surface area contributed by atoms with E-state index in [9.17, 15) is 70.7 Å². The highest BCUT2D eigenvalue weighted by Crippen LogP contribution is 2.26. The van der Waals surface area contributed by atoms with E-state index in [2.05, 4.69) is 63.8 Å². The quantitative estimate of drug-likeness (QED) is 0.0635. The third-order valence-corrected chi connectivity index (χ3v) is 20.6. The van der Waals surface area contributed by atoms with Gasteiger partial charge >= 0.3 is 12.1 Å². The second-order valence-corrected chi connectivity index (χ2v) is 33.3. The van der Waals surface area contributed by atoms with Crippen molar-refractivity contribution in [3.05, 3.63) is 71.8 Å². The SMILES string of the molecule is CC(C)C[C@@H]1NC(=O)[C@H](CCCN)NC(=O)[C@H](C(C)C)NC(=O)[C@@H]2CCCN2C(=O)[C@@H](Cc2ccccc2)NC(=O)[C@H](CC(C)C)NC(=O)[C@H](CCCN)NC(=O)[C@H](C(C)C)NC(=O)[C@H](CCCN)NC(=O)[C@H](CC(C)C)NC(=O)[C@H]2CC[C@H](OCc3ccccc3)[C@@H](CNC(=O)[C@H](C(C)C)NC(=O)[C@H](CCCN)NC1=O)O2.O=C(O)C(F)(F)F. The van der Waals surface area contributed by atoms with Gasteiger partial charge in [0.2, 0.25) is 76.8 Å². The van der Waals surface area contributed by atoms with Crippen molar-refractivity contribution >= 4 is 82.8 Å². The number of nitrogens with zero attached hydrogens (tertiary/aromatic N) is 1. The number of amides is 13. The number of hydrogen-bond acceptors (Lipinski definition) is 20. The maximum atomic E-state index is 15.2. The van der Waals surface area contributed by atoms with E-state index in [1.54, 1.807) is 71.9 Å². The monoisotopic (exact) mass is 1700 g/mol. The molecule has 15 atom stereocenters. The molecule has 0 unspecified atom stereocenters. The molecule has 0 aromatic heterocycles. The average molecular weight is 1700 g/mol. The van der Waals surface area contributed by atoms with Crippen LogP contribution in [-0.2, 0) is 89.6 Å². The Kier molecular flexibility index (Phi) is 44.6. The Labute approximate surface area is 702 Å². The standard InChI is InChI=1S/C81H133N17O15.C2HF3O2/c1-46(2)40-58-73(103)87-56(30-21-37-84)71(101)95-66(49(7)8)78(108)86-44-65-63(112-45-53-26-17-14-18-27-53)33-34-64(113-65)77(107)93-60(42-48(5)6)74(104)88-57(31-22-38-85)72(102)96-67(50(9)10)79(109)89-54(28-19-35-82)70(100)92-59(41-47(3)4)75(105)94-61(43-52-24-15-13-16-25-52)81(111)98-39-23-32-62(98)76(106)97-68(51(11)12)80(110)90-55(29-20-36-83)69(99)91-58;3-2(4,5)1(6)7/h13-18,24-27,46-51,54-68H,19-23,28-45,82-85H2,1-12H3,(H,86,108)(H,87,103)(H,88,104)(H,89,109)(H,90,110)(H,91,99)(H,92,100)(H,93,107)(H,94,105)(H,95,101)(H,96,102)(H,97,106);(H,6,7)/t54-,55-,56-,57-,58-,59-,60-,61+,62-,63-,64+,65+,66-,67-,68-;/m0./s1. The number of nitrogens with one attached hydrogen (secondary N) is 12. The van der Waals surface area contributed by atoms with Crippen molar-refractivity contribution < 1.29 is 94.9 Å². The molecular formula is C83H134F3N17O17. The van der Waals surface area contributed by atoms with Crippen molar-refractivity contribution in [2.45, 2.75) is 289 Å². The van der Waals surface area contributed by atoms with Crippen molar-refractivity contribution in [3.63, 3.8) is 0 Å². The van der Waals surface area contributed by atoms with Crippen LogP contribution in [0, 0.1) is 35.5 Å². The molecule has 3 heterocycles. The number of benzene rings is 2. The van der Waals surface area contributed by atoms with Gasteiger partial charge in [-0.1, -0.05) is 144 Å². The van der Waals surface area contributed by atoms with Gasteiger partial charge in [-0.3, -0.25) is 62.3 Å². The zero-order valence-electron chi connectivity index (χ0n) is 71.5. The number of fused-ring (bicyclic) bond motifs is 3. The predicted molar refractivity (Wildman–Crippen MR) is 442 cm³/mol. The fourth-order valence-electron chi connectivity index (χ4n) is 14.1. The van der Waals surface area contributed by atoms with E-state index in [1.807, 2.05) is 71.9 Å². The van der Waals surface area contributed by atoms with Gasteiger partial charge in [0, 0.05) is 19.5 Å². The molecule has 3 aliphatic rings. The van der Waals surface area contributed by atoms with Crippen LogP contribution >= 0.6 is 0 Å². The summed E-state index contributed by atoms with van der Waals surface area (Å²) < 4.78 is 44.7. The first kappa shape index (κ1) is 103. The smallest absolute Gasteiger partial charge is 0.475 e. The minimum absolute atomic E-state index is 0.000799. The number of hydrogen-bond donors (Lipinski definition) is 17. The van der Waals surface area contributed by atoms with E-state index in [0.717, 1.165) is 5.56 Å². The molecule has 5 rings (SSSR count). The van der Waals surface area contributed by atoms with Gasteiger partial charge in [-0.15, -0.1) is 0 Å². The van der Waals surface area contributed by atoms with E-state index in [0.29, 0.717) is 12.0 Å². The lowest BCUT2D eigenvalue weighted by Crippen LogP contribution is -2.62. The summed E-state index contributed by atoms with van der Waals surface area (Å²) in [5.41, 5.74) is 25.5. The normalized spacial score (nSPS) is 26.1. The lowest BCUT2D eigenvalue weighted by atomic mass is 9.97. The van der Waals surface area contributed by atoms with Gasteiger partial charge in [0.05, 0.1) is 12.7 Å². The van der Waals surface area contributed by atoms with Crippen LogP contribution in [0.5, 0.6) is 0 Å². The molecule has 2 aromatic rings. The molecule has 37 heteroatoms. The van der Waals surface area contributed by atoms with Gasteiger partial charge in [0.1, 0.15) is 84.7 Å². The molecule has 3 fully saturated rings. The van der Waals surface area contributed by atoms with Gasteiger partial charge in [-0.25, -0.2) is 4.79 Å². The Morgan fingerprint density at radius 1 is 0.442 bits per heavy atom. The highest BCUT2D eigenvalue weighted by molar-refractivity contribution is 6.00. The number of carboxylic acid groups (broad SMARTS) is 1. The van der Waals surface area contributed by atoms with E-state index >= 15 is 4.79 Å². The number of halogens is 3. The summed E-state index contributed by atoms with van der Waals surface area (Å²) in [4.78, 5) is 202. The van der Waals surface area contributed by atoms with Crippen LogP contribution in [0.4, 0.5) is 13.2 Å². The van der Waals surface area contributed by atoms with Crippen molar-refractivity contribution in [1.29, 1.82) is 0 Å². The fraction of sp³-hybridized carbons (Fsp3) is 0.687. The number of nitrogens with two attached hydrogens (primary N) is 4. The molecule has 13 amide bonds. The topological polar surface area (TPSA) is 529 Å². The number of alkyl halides is 3. The Balaban J connectivity index is 0.00000412. The number of carbonyl (C=O) groups excluding carboxylic acids is 13.